The molecule has 5 N–H and O–H groups in total. The largest absolute Gasteiger partial charge is 0.393 e. The first-order valence-corrected chi connectivity index (χ1v) is 9.29. The number of pyridine rings is 1. The highest BCUT2D eigenvalue weighted by atomic mass is 35.5. The van der Waals surface area contributed by atoms with E-state index < -0.39 is 0 Å². The van der Waals surface area contributed by atoms with Crippen LogP contribution >= 0.6 is 11.6 Å². The Labute approximate surface area is 171 Å². The Morgan fingerprint density at radius 1 is 1.07 bits per heavy atom. The molecule has 0 saturated heterocycles. The minimum absolute atomic E-state index is 0.198. The number of fused-ring (bicyclic) bond motifs is 1. The number of halogens is 2. The summed E-state index contributed by atoms with van der Waals surface area (Å²) in [6, 6.07) is 11.7. The third-order valence-corrected chi connectivity index (χ3v) is 5.03. The Balaban J connectivity index is 1.90. The number of nitrogens with zero attached hydrogens (tertiary/aromatic N) is 3. The van der Waals surface area contributed by atoms with Gasteiger partial charge >= 0.3 is 0 Å². The average Bonchev–Trinajstić information content (AvgIpc) is 2.71. The lowest BCUT2D eigenvalue weighted by Crippen LogP contribution is -2.13. The van der Waals surface area contributed by atoms with E-state index in [1.807, 2.05) is 25.1 Å². The number of nitrogens with one attached hydrogen (secondary N) is 1. The first kappa shape index (κ1) is 18.9. The molecule has 0 bridgehead atoms. The number of para-hydroxylation sites is 1. The molecular weight excluding hydrogens is 391 g/mol. The normalized spacial score (nSPS) is 12.1. The molecule has 4 aromatic rings. The summed E-state index contributed by atoms with van der Waals surface area (Å²) in [5.41, 5.74) is 15.1. The summed E-state index contributed by atoms with van der Waals surface area (Å²) in [6.07, 6.45) is 3.07. The number of benzene rings is 2. The first-order valence-electron chi connectivity index (χ1n) is 8.91. The molecule has 4 rings (SSSR count). The number of hydrogen-bond acceptors (Lipinski definition) is 6. The molecule has 8 heteroatoms. The summed E-state index contributed by atoms with van der Waals surface area (Å²) < 4.78 is 14.0. The van der Waals surface area contributed by atoms with Crippen LogP contribution in [-0.4, -0.2) is 15.0 Å². The Kier molecular flexibility index (Phi) is 4.90. The number of rotatable bonds is 4. The molecule has 146 valence electrons. The number of aromatic nitrogens is 3. The zero-order chi connectivity index (χ0) is 20.5. The monoisotopic (exact) mass is 408 g/mol. The van der Waals surface area contributed by atoms with Crippen LogP contribution in [0, 0.1) is 5.82 Å². The zero-order valence-corrected chi connectivity index (χ0v) is 16.3. The second-order valence-corrected chi connectivity index (χ2v) is 7.03. The van der Waals surface area contributed by atoms with E-state index in [-0.39, 0.29) is 23.4 Å². The lowest BCUT2D eigenvalue weighted by molar-refractivity contribution is 0.628. The third kappa shape index (κ3) is 3.52. The number of nitrogen functional groups attached to an aromatic ring is 2. The van der Waals surface area contributed by atoms with Crippen molar-refractivity contribution in [2.45, 2.75) is 13.0 Å². The fraction of sp³-hybridized carbons (Fsp3) is 0.0952. The van der Waals surface area contributed by atoms with Gasteiger partial charge in [0.2, 0.25) is 0 Å². The summed E-state index contributed by atoms with van der Waals surface area (Å²) in [5, 5.41) is 4.60. The molecule has 1 atom stereocenters. The molecule has 0 amide bonds. The van der Waals surface area contributed by atoms with Gasteiger partial charge < -0.3 is 16.8 Å². The first-order chi connectivity index (χ1) is 14.0. The van der Waals surface area contributed by atoms with Crippen LogP contribution in [0.15, 0.2) is 55.0 Å². The fourth-order valence-corrected chi connectivity index (χ4v) is 3.53. The molecule has 0 radical (unpaired) electrons. The lowest BCUT2D eigenvalue weighted by Gasteiger charge is -2.21. The quantitative estimate of drug-likeness (QED) is 0.447. The van der Waals surface area contributed by atoms with Crippen LogP contribution < -0.4 is 16.8 Å². The molecule has 0 aliphatic rings. The van der Waals surface area contributed by atoms with Crippen molar-refractivity contribution in [3.8, 4) is 11.1 Å². The molecule has 0 spiro atoms. The number of anilines is 3. The van der Waals surface area contributed by atoms with Gasteiger partial charge in [-0.15, -0.1) is 0 Å². The van der Waals surface area contributed by atoms with Crippen molar-refractivity contribution >= 4 is 39.8 Å². The molecule has 2 aromatic carbocycles. The second-order valence-electron chi connectivity index (χ2n) is 6.62. The van der Waals surface area contributed by atoms with Crippen molar-refractivity contribution in [2.75, 3.05) is 16.8 Å². The maximum Gasteiger partial charge on any atom is 0.155 e. The van der Waals surface area contributed by atoms with Crippen LogP contribution in [0.1, 0.15) is 18.5 Å². The highest BCUT2D eigenvalue weighted by Gasteiger charge is 2.19. The fourth-order valence-electron chi connectivity index (χ4n) is 3.30. The Hall–Kier alpha value is -3.45. The summed E-state index contributed by atoms with van der Waals surface area (Å²) in [6.45, 7) is 1.94. The molecule has 0 saturated carbocycles. The van der Waals surface area contributed by atoms with Crippen molar-refractivity contribution in [3.63, 3.8) is 0 Å². The highest BCUT2D eigenvalue weighted by molar-refractivity contribution is 6.35. The molecule has 1 unspecified atom stereocenters. The standard InChI is InChI=1S/C21H18ClFN6/c1-11(29-21-18(24)20(25)27-10-28-21)15-9-26-19-14(6-3-7-16(19)22)17(15)12-4-2-5-13(23)8-12/h2-11H,24H2,1H3,(H3,25,27,28,29). The smallest absolute Gasteiger partial charge is 0.155 e. The maximum atomic E-state index is 14.0. The Bertz CT molecular complexity index is 1210. The molecule has 2 heterocycles. The third-order valence-electron chi connectivity index (χ3n) is 4.73. The van der Waals surface area contributed by atoms with Crippen molar-refractivity contribution in [2.24, 2.45) is 0 Å². The molecule has 6 nitrogen and oxygen atoms in total. The topological polar surface area (TPSA) is 103 Å². The predicted octanol–water partition coefficient (Wildman–Crippen LogP) is 4.82. The summed E-state index contributed by atoms with van der Waals surface area (Å²) >= 11 is 6.35. The Morgan fingerprint density at radius 2 is 1.86 bits per heavy atom. The maximum absolute atomic E-state index is 14.0. The van der Waals surface area contributed by atoms with E-state index in [9.17, 15) is 4.39 Å². The van der Waals surface area contributed by atoms with Crippen LogP contribution in [0.3, 0.4) is 0 Å². The highest BCUT2D eigenvalue weighted by Crippen LogP contribution is 2.38. The van der Waals surface area contributed by atoms with Gasteiger partial charge in [-0.1, -0.05) is 35.9 Å². The molecule has 2 aromatic heterocycles. The average molecular weight is 409 g/mol. The molecule has 29 heavy (non-hydrogen) atoms. The predicted molar refractivity (Wildman–Crippen MR) is 115 cm³/mol. The van der Waals surface area contributed by atoms with E-state index in [1.165, 1.54) is 18.5 Å². The Morgan fingerprint density at radius 3 is 2.66 bits per heavy atom. The van der Waals surface area contributed by atoms with Crippen molar-refractivity contribution in [1.29, 1.82) is 0 Å². The zero-order valence-electron chi connectivity index (χ0n) is 15.5. The van der Waals surface area contributed by atoms with Gasteiger partial charge in [-0.3, -0.25) is 4.98 Å². The van der Waals surface area contributed by atoms with Crippen LogP contribution in [0.4, 0.5) is 21.7 Å². The minimum atomic E-state index is -0.325. The number of nitrogens with two attached hydrogens (primary N) is 2. The van der Waals surface area contributed by atoms with Crippen LogP contribution in [0.5, 0.6) is 0 Å². The van der Waals surface area contributed by atoms with E-state index >= 15 is 0 Å². The number of hydrogen-bond donors (Lipinski definition) is 3. The van der Waals surface area contributed by atoms with E-state index in [2.05, 4.69) is 20.3 Å². The van der Waals surface area contributed by atoms with Gasteiger partial charge in [0, 0.05) is 17.1 Å². The SMILES string of the molecule is CC(Nc1ncnc(N)c1N)c1cnc2c(Cl)cccc2c1-c1cccc(F)c1. The minimum Gasteiger partial charge on any atom is -0.393 e. The van der Waals surface area contributed by atoms with Gasteiger partial charge in [-0.25, -0.2) is 14.4 Å². The second kappa shape index (κ2) is 7.52. The van der Waals surface area contributed by atoms with Crippen LogP contribution in [0.2, 0.25) is 5.02 Å². The van der Waals surface area contributed by atoms with E-state index in [1.54, 1.807) is 18.3 Å². The molecule has 0 aliphatic carbocycles. The van der Waals surface area contributed by atoms with Gasteiger partial charge in [0.1, 0.15) is 17.8 Å². The van der Waals surface area contributed by atoms with Gasteiger partial charge in [0.25, 0.3) is 0 Å². The van der Waals surface area contributed by atoms with E-state index in [4.69, 9.17) is 23.1 Å². The van der Waals surface area contributed by atoms with Gasteiger partial charge in [-0.2, -0.15) is 0 Å². The van der Waals surface area contributed by atoms with Crippen LogP contribution in [0.25, 0.3) is 22.0 Å². The van der Waals surface area contributed by atoms with Crippen LogP contribution in [-0.2, 0) is 0 Å². The lowest BCUT2D eigenvalue weighted by atomic mass is 9.93. The molecule has 0 aliphatic heterocycles. The van der Waals surface area contributed by atoms with Gasteiger partial charge in [-0.05, 0) is 36.2 Å². The molecular formula is C21H18ClFN6. The van der Waals surface area contributed by atoms with Gasteiger partial charge in [0.05, 0.1) is 16.6 Å². The van der Waals surface area contributed by atoms with Crippen molar-refractivity contribution < 1.29 is 4.39 Å². The van der Waals surface area contributed by atoms with E-state index in [0.717, 1.165) is 22.1 Å². The summed E-state index contributed by atoms with van der Waals surface area (Å²) in [4.78, 5) is 12.6. The summed E-state index contributed by atoms with van der Waals surface area (Å²) in [5.74, 6) is 0.290. The van der Waals surface area contributed by atoms with Crippen molar-refractivity contribution in [3.05, 3.63) is 71.4 Å². The van der Waals surface area contributed by atoms with Gasteiger partial charge in [0.15, 0.2) is 11.6 Å². The van der Waals surface area contributed by atoms with Crippen molar-refractivity contribution in [1.82, 2.24) is 15.0 Å². The molecule has 0 fully saturated rings. The summed E-state index contributed by atoms with van der Waals surface area (Å²) in [7, 11) is 0. The van der Waals surface area contributed by atoms with E-state index in [0.29, 0.717) is 16.4 Å².